The number of H-pyrrole nitrogens is 1. The van der Waals surface area contributed by atoms with Gasteiger partial charge >= 0.3 is 5.97 Å². The number of carbonyl (C=O) groups is 1. The molecule has 0 unspecified atom stereocenters. The van der Waals surface area contributed by atoms with Gasteiger partial charge in [-0.3, -0.25) is 9.82 Å². The van der Waals surface area contributed by atoms with Crippen LogP contribution in [0.1, 0.15) is 17.3 Å². The number of para-hydroxylation sites is 1. The SMILES string of the molecule is CCOC(=O)c1cn[nH]c1S(=O)(=O)Nc1ccccc1F. The number of esters is 1. The fraction of sp³-hybridized carbons (Fsp3) is 0.167. The quantitative estimate of drug-likeness (QED) is 0.815. The highest BCUT2D eigenvalue weighted by molar-refractivity contribution is 7.92. The fourth-order valence-corrected chi connectivity index (χ4v) is 2.73. The van der Waals surface area contributed by atoms with Crippen LogP contribution in [0.2, 0.25) is 0 Å². The van der Waals surface area contributed by atoms with Crippen molar-refractivity contribution in [2.75, 3.05) is 11.3 Å². The smallest absolute Gasteiger partial charge is 0.342 e. The number of nitrogens with one attached hydrogen (secondary N) is 2. The maximum Gasteiger partial charge on any atom is 0.342 e. The first-order chi connectivity index (χ1) is 9.95. The summed E-state index contributed by atoms with van der Waals surface area (Å²) < 4.78 is 44.6. The summed E-state index contributed by atoms with van der Waals surface area (Å²) in [6.45, 7) is 1.67. The van der Waals surface area contributed by atoms with Crippen LogP contribution in [0, 0.1) is 5.82 Å². The lowest BCUT2D eigenvalue weighted by molar-refractivity contribution is 0.0522. The summed E-state index contributed by atoms with van der Waals surface area (Å²) in [6.07, 6.45) is 1.04. The second kappa shape index (κ2) is 5.92. The minimum Gasteiger partial charge on any atom is -0.462 e. The van der Waals surface area contributed by atoms with Gasteiger partial charge in [0.2, 0.25) is 0 Å². The van der Waals surface area contributed by atoms with Gasteiger partial charge in [0.15, 0.2) is 5.03 Å². The Labute approximate surface area is 120 Å². The van der Waals surface area contributed by atoms with Gasteiger partial charge in [-0.05, 0) is 19.1 Å². The molecule has 9 heteroatoms. The molecule has 0 bridgehead atoms. The Hall–Kier alpha value is -2.42. The first-order valence-electron chi connectivity index (χ1n) is 5.93. The second-order valence-electron chi connectivity index (χ2n) is 3.92. The normalized spacial score (nSPS) is 11.1. The zero-order valence-electron chi connectivity index (χ0n) is 11.0. The van der Waals surface area contributed by atoms with E-state index in [1.54, 1.807) is 6.92 Å². The van der Waals surface area contributed by atoms with E-state index in [2.05, 4.69) is 10.2 Å². The average Bonchev–Trinajstić information content (AvgIpc) is 2.92. The van der Waals surface area contributed by atoms with E-state index in [0.717, 1.165) is 12.3 Å². The molecule has 0 saturated carbocycles. The summed E-state index contributed by atoms with van der Waals surface area (Å²) in [5.74, 6) is -1.57. The molecule has 2 aromatic rings. The first-order valence-corrected chi connectivity index (χ1v) is 7.42. The fourth-order valence-electron chi connectivity index (χ4n) is 1.57. The molecule has 0 aliphatic heterocycles. The number of sulfonamides is 1. The third-order valence-corrected chi connectivity index (χ3v) is 3.82. The minimum atomic E-state index is -4.20. The van der Waals surface area contributed by atoms with Gasteiger partial charge < -0.3 is 4.74 Å². The molecule has 112 valence electrons. The molecule has 0 spiro atoms. The number of aromatic nitrogens is 2. The van der Waals surface area contributed by atoms with Crippen molar-refractivity contribution in [2.24, 2.45) is 0 Å². The van der Waals surface area contributed by atoms with E-state index in [1.807, 2.05) is 4.72 Å². The first kappa shape index (κ1) is 15.0. The van der Waals surface area contributed by atoms with Gasteiger partial charge in [-0.25, -0.2) is 9.18 Å². The summed E-state index contributed by atoms with van der Waals surface area (Å²) in [5, 5.41) is 5.24. The topological polar surface area (TPSA) is 101 Å². The molecule has 0 aliphatic carbocycles. The summed E-state index contributed by atoms with van der Waals surface area (Å²) in [4.78, 5) is 11.6. The van der Waals surface area contributed by atoms with Crippen LogP contribution in [-0.4, -0.2) is 31.2 Å². The number of rotatable bonds is 5. The van der Waals surface area contributed by atoms with E-state index < -0.39 is 26.8 Å². The number of anilines is 1. The number of aromatic amines is 1. The average molecular weight is 313 g/mol. The van der Waals surface area contributed by atoms with Crippen LogP contribution in [0.3, 0.4) is 0 Å². The van der Waals surface area contributed by atoms with E-state index >= 15 is 0 Å². The maximum atomic E-state index is 13.5. The van der Waals surface area contributed by atoms with Gasteiger partial charge in [-0.1, -0.05) is 12.1 Å². The Balaban J connectivity index is 2.35. The molecule has 0 atom stereocenters. The third kappa shape index (κ3) is 3.19. The summed E-state index contributed by atoms with van der Waals surface area (Å²) in [5.41, 5.74) is -0.484. The molecule has 0 aliphatic rings. The third-order valence-electron chi connectivity index (χ3n) is 2.49. The zero-order valence-corrected chi connectivity index (χ0v) is 11.8. The van der Waals surface area contributed by atoms with Crippen molar-refractivity contribution in [2.45, 2.75) is 11.9 Å². The van der Waals surface area contributed by atoms with Crippen molar-refractivity contribution in [3.8, 4) is 0 Å². The second-order valence-corrected chi connectivity index (χ2v) is 5.54. The van der Waals surface area contributed by atoms with Crippen LogP contribution in [-0.2, 0) is 14.8 Å². The molecule has 1 aromatic carbocycles. The van der Waals surface area contributed by atoms with Crippen LogP contribution in [0.4, 0.5) is 10.1 Å². The van der Waals surface area contributed by atoms with Crippen LogP contribution >= 0.6 is 0 Å². The van der Waals surface area contributed by atoms with Crippen LogP contribution in [0.5, 0.6) is 0 Å². The van der Waals surface area contributed by atoms with Crippen molar-refractivity contribution < 1.29 is 22.3 Å². The molecule has 1 aromatic heterocycles. The largest absolute Gasteiger partial charge is 0.462 e. The number of halogens is 1. The number of benzene rings is 1. The van der Waals surface area contributed by atoms with Crippen LogP contribution in [0.15, 0.2) is 35.5 Å². The molecule has 0 fully saturated rings. The maximum absolute atomic E-state index is 13.5. The molecule has 1 heterocycles. The van der Waals surface area contributed by atoms with Gasteiger partial charge in [0.05, 0.1) is 18.5 Å². The summed E-state index contributed by atoms with van der Waals surface area (Å²) in [7, 11) is -4.20. The van der Waals surface area contributed by atoms with E-state index in [-0.39, 0.29) is 17.9 Å². The van der Waals surface area contributed by atoms with Crippen LogP contribution in [0.25, 0.3) is 0 Å². The highest BCUT2D eigenvalue weighted by Gasteiger charge is 2.26. The van der Waals surface area contributed by atoms with E-state index in [4.69, 9.17) is 4.74 Å². The lowest BCUT2D eigenvalue weighted by atomic mass is 10.3. The molecular weight excluding hydrogens is 301 g/mol. The van der Waals surface area contributed by atoms with Gasteiger partial charge in [0.1, 0.15) is 11.4 Å². The summed E-state index contributed by atoms with van der Waals surface area (Å²) in [6, 6.07) is 5.26. The van der Waals surface area contributed by atoms with Crippen molar-refractivity contribution in [1.82, 2.24) is 10.2 Å². The number of nitrogens with zero attached hydrogens (tertiary/aromatic N) is 1. The number of ether oxygens (including phenoxy) is 1. The summed E-state index contributed by atoms with van der Waals surface area (Å²) >= 11 is 0. The molecule has 0 saturated heterocycles. The predicted molar refractivity (Wildman–Crippen MR) is 71.8 cm³/mol. The Morgan fingerprint density at radius 3 is 2.81 bits per heavy atom. The van der Waals surface area contributed by atoms with Crippen molar-refractivity contribution in [3.05, 3.63) is 41.8 Å². The Bertz CT molecular complexity index is 757. The van der Waals surface area contributed by atoms with E-state index in [1.165, 1.54) is 18.2 Å². The molecule has 21 heavy (non-hydrogen) atoms. The van der Waals surface area contributed by atoms with Crippen LogP contribution < -0.4 is 4.72 Å². The zero-order chi connectivity index (χ0) is 15.5. The molecule has 7 nitrogen and oxygen atoms in total. The minimum absolute atomic E-state index is 0.0875. The van der Waals surface area contributed by atoms with Gasteiger partial charge in [0, 0.05) is 0 Å². The number of carbonyl (C=O) groups excluding carboxylic acids is 1. The van der Waals surface area contributed by atoms with Gasteiger partial charge in [-0.2, -0.15) is 13.5 Å². The highest BCUT2D eigenvalue weighted by atomic mass is 32.2. The molecule has 2 rings (SSSR count). The highest BCUT2D eigenvalue weighted by Crippen LogP contribution is 2.20. The molecular formula is C12H12FN3O4S. The molecule has 0 radical (unpaired) electrons. The predicted octanol–water partition coefficient (Wildman–Crippen LogP) is 1.53. The van der Waals surface area contributed by atoms with Crippen molar-refractivity contribution >= 4 is 21.7 Å². The van der Waals surface area contributed by atoms with E-state index in [9.17, 15) is 17.6 Å². The number of hydrogen-bond donors (Lipinski definition) is 2. The monoisotopic (exact) mass is 313 g/mol. The molecule has 0 amide bonds. The lowest BCUT2D eigenvalue weighted by Crippen LogP contribution is -2.18. The van der Waals surface area contributed by atoms with Gasteiger partial charge in [0.25, 0.3) is 10.0 Å². The Kier molecular flexibility index (Phi) is 4.22. The number of hydrogen-bond acceptors (Lipinski definition) is 5. The van der Waals surface area contributed by atoms with Crippen molar-refractivity contribution in [1.29, 1.82) is 0 Å². The van der Waals surface area contributed by atoms with Crippen molar-refractivity contribution in [3.63, 3.8) is 0 Å². The van der Waals surface area contributed by atoms with E-state index in [0.29, 0.717) is 0 Å². The Morgan fingerprint density at radius 1 is 1.43 bits per heavy atom. The molecule has 2 N–H and O–H groups in total. The van der Waals surface area contributed by atoms with Gasteiger partial charge in [-0.15, -0.1) is 0 Å². The lowest BCUT2D eigenvalue weighted by Gasteiger charge is -2.08. The standard InChI is InChI=1S/C12H12FN3O4S/c1-2-20-12(17)8-7-14-15-11(8)21(18,19)16-10-6-4-3-5-9(10)13/h3-7,16H,2H2,1H3,(H,14,15). The Morgan fingerprint density at radius 2 is 2.14 bits per heavy atom.